The van der Waals surface area contributed by atoms with Gasteiger partial charge in [-0.25, -0.2) is 0 Å². The predicted octanol–water partition coefficient (Wildman–Crippen LogP) is 3.54. The maximum Gasteiger partial charge on any atom is 0.0578 e. The molecule has 15 heavy (non-hydrogen) atoms. The first kappa shape index (κ1) is 10.4. The van der Waals surface area contributed by atoms with Crippen molar-refractivity contribution in [3.05, 3.63) is 58.3 Å². The highest BCUT2D eigenvalue weighted by Gasteiger charge is 2.00. The Hall–Kier alpha value is -1.12. The van der Waals surface area contributed by atoms with Crippen molar-refractivity contribution in [1.82, 2.24) is 4.68 Å². The molecule has 2 nitrogen and oxygen atoms in total. The van der Waals surface area contributed by atoms with Crippen molar-refractivity contribution in [2.24, 2.45) is 0 Å². The number of rotatable bonds is 3. The van der Waals surface area contributed by atoms with E-state index in [-0.39, 0.29) is 0 Å². The molecule has 0 aliphatic rings. The number of hydrogen-bond donors (Lipinski definition) is 1. The zero-order valence-corrected chi connectivity index (χ0v) is 9.46. The molecule has 0 amide bonds. The third kappa shape index (κ3) is 2.67. The van der Waals surface area contributed by atoms with Crippen LogP contribution in [0.1, 0.15) is 5.56 Å². The summed E-state index contributed by atoms with van der Waals surface area (Å²) in [4.78, 5) is 0. The van der Waals surface area contributed by atoms with Crippen molar-refractivity contribution in [3.63, 3.8) is 0 Å². The van der Waals surface area contributed by atoms with Crippen molar-refractivity contribution < 1.29 is 0 Å². The molecule has 0 saturated carbocycles. The van der Waals surface area contributed by atoms with Crippen LogP contribution in [0.4, 0.5) is 0 Å². The third-order valence-corrected chi connectivity index (χ3v) is 2.66. The van der Waals surface area contributed by atoms with Crippen LogP contribution >= 0.6 is 23.2 Å². The highest BCUT2D eigenvalue weighted by Crippen LogP contribution is 2.20. The van der Waals surface area contributed by atoms with Gasteiger partial charge < -0.3 is 5.43 Å². The molecule has 1 aromatic carbocycles. The van der Waals surface area contributed by atoms with E-state index in [2.05, 4.69) is 5.43 Å². The number of benzene rings is 1. The summed E-state index contributed by atoms with van der Waals surface area (Å²) < 4.78 is 1.88. The molecule has 0 aliphatic carbocycles. The Morgan fingerprint density at radius 1 is 1.13 bits per heavy atom. The number of halogens is 2. The lowest BCUT2D eigenvalue weighted by Crippen LogP contribution is -2.11. The molecule has 0 bridgehead atoms. The van der Waals surface area contributed by atoms with Gasteiger partial charge in [0.1, 0.15) is 0 Å². The van der Waals surface area contributed by atoms with Crippen molar-refractivity contribution in [1.29, 1.82) is 0 Å². The Balaban J connectivity index is 2.05. The van der Waals surface area contributed by atoms with Crippen molar-refractivity contribution >= 4 is 23.2 Å². The number of hydrogen-bond acceptors (Lipinski definition) is 1. The van der Waals surface area contributed by atoms with E-state index >= 15 is 0 Å². The van der Waals surface area contributed by atoms with Gasteiger partial charge in [0.25, 0.3) is 0 Å². The van der Waals surface area contributed by atoms with Crippen LogP contribution in [0.2, 0.25) is 10.0 Å². The van der Waals surface area contributed by atoms with Crippen molar-refractivity contribution in [2.45, 2.75) is 6.54 Å². The normalized spacial score (nSPS) is 10.3. The molecule has 78 valence electrons. The first-order valence-electron chi connectivity index (χ1n) is 4.56. The van der Waals surface area contributed by atoms with Crippen molar-refractivity contribution in [3.8, 4) is 0 Å². The average molecular weight is 241 g/mol. The molecule has 0 fully saturated rings. The highest BCUT2D eigenvalue weighted by molar-refractivity contribution is 6.35. The largest absolute Gasteiger partial charge is 0.322 e. The maximum atomic E-state index is 6.04. The zero-order valence-electron chi connectivity index (χ0n) is 7.95. The van der Waals surface area contributed by atoms with Crippen LogP contribution in [0.5, 0.6) is 0 Å². The Kier molecular flexibility index (Phi) is 3.19. The molecule has 1 N–H and O–H groups in total. The fourth-order valence-electron chi connectivity index (χ4n) is 1.28. The summed E-state index contributed by atoms with van der Waals surface area (Å²) >= 11 is 11.8. The van der Waals surface area contributed by atoms with Gasteiger partial charge in [0.2, 0.25) is 0 Å². The Morgan fingerprint density at radius 3 is 2.53 bits per heavy atom. The predicted molar refractivity (Wildman–Crippen MR) is 64.0 cm³/mol. The Bertz CT molecular complexity index is 438. The molecule has 0 atom stereocenters. The maximum absolute atomic E-state index is 6.04. The van der Waals surface area contributed by atoms with E-state index in [1.54, 1.807) is 6.07 Å². The highest BCUT2D eigenvalue weighted by atomic mass is 35.5. The summed E-state index contributed by atoms with van der Waals surface area (Å²) in [6.07, 6.45) is 3.87. The van der Waals surface area contributed by atoms with Gasteiger partial charge in [0, 0.05) is 22.4 Å². The van der Waals surface area contributed by atoms with Gasteiger partial charge in [0.05, 0.1) is 6.54 Å². The van der Waals surface area contributed by atoms with Crippen LogP contribution in [-0.4, -0.2) is 4.68 Å². The van der Waals surface area contributed by atoms with Crippen LogP contribution in [0.15, 0.2) is 42.7 Å². The fraction of sp³-hybridized carbons (Fsp3) is 0.0909. The van der Waals surface area contributed by atoms with E-state index in [0.717, 1.165) is 5.56 Å². The molecule has 0 radical (unpaired) electrons. The molecule has 1 heterocycles. The van der Waals surface area contributed by atoms with E-state index in [4.69, 9.17) is 23.2 Å². The molecule has 4 heteroatoms. The van der Waals surface area contributed by atoms with Crippen LogP contribution in [0.3, 0.4) is 0 Å². The molecule has 2 rings (SSSR count). The summed E-state index contributed by atoms with van der Waals surface area (Å²) in [5.41, 5.74) is 4.21. The van der Waals surface area contributed by atoms with Gasteiger partial charge in [-0.2, -0.15) is 0 Å². The van der Waals surface area contributed by atoms with E-state index in [1.165, 1.54) is 0 Å². The lowest BCUT2D eigenvalue weighted by Gasteiger charge is -2.08. The topological polar surface area (TPSA) is 17.0 Å². The van der Waals surface area contributed by atoms with E-state index in [0.29, 0.717) is 16.6 Å². The number of aromatic nitrogens is 1. The molecular weight excluding hydrogens is 231 g/mol. The number of nitrogens with one attached hydrogen (secondary N) is 1. The summed E-state index contributed by atoms with van der Waals surface area (Å²) in [6.45, 7) is 0.671. The minimum absolute atomic E-state index is 0.657. The standard InChI is InChI=1S/C11H10Cl2N2/c12-10-4-3-9(11(13)7-10)8-14-15-5-1-2-6-15/h1-7,14H,8H2. The first-order valence-corrected chi connectivity index (χ1v) is 5.32. The molecule has 0 unspecified atom stereocenters. The molecule has 2 aromatic rings. The summed E-state index contributed by atoms with van der Waals surface area (Å²) in [7, 11) is 0. The van der Waals surface area contributed by atoms with Gasteiger partial charge >= 0.3 is 0 Å². The van der Waals surface area contributed by atoms with E-state index in [1.807, 2.05) is 41.3 Å². The minimum atomic E-state index is 0.657. The van der Waals surface area contributed by atoms with E-state index in [9.17, 15) is 0 Å². The quantitative estimate of drug-likeness (QED) is 0.869. The molecule has 0 saturated heterocycles. The van der Waals surface area contributed by atoms with Gasteiger partial charge in [-0.1, -0.05) is 29.3 Å². The summed E-state index contributed by atoms with van der Waals surface area (Å²) in [5.74, 6) is 0. The minimum Gasteiger partial charge on any atom is -0.322 e. The zero-order chi connectivity index (χ0) is 10.7. The van der Waals surface area contributed by atoms with Gasteiger partial charge in [-0.05, 0) is 29.8 Å². The second-order valence-corrected chi connectivity index (χ2v) is 4.00. The van der Waals surface area contributed by atoms with Gasteiger partial charge in [0.15, 0.2) is 0 Å². The fourth-order valence-corrected chi connectivity index (χ4v) is 1.76. The molecule has 0 spiro atoms. The van der Waals surface area contributed by atoms with Crippen LogP contribution < -0.4 is 5.43 Å². The van der Waals surface area contributed by atoms with Crippen LogP contribution in [-0.2, 0) is 6.54 Å². The Morgan fingerprint density at radius 2 is 1.87 bits per heavy atom. The number of nitrogens with zero attached hydrogens (tertiary/aromatic N) is 1. The van der Waals surface area contributed by atoms with E-state index < -0.39 is 0 Å². The van der Waals surface area contributed by atoms with Crippen LogP contribution in [0.25, 0.3) is 0 Å². The second-order valence-electron chi connectivity index (χ2n) is 3.16. The molecular formula is C11H10Cl2N2. The summed E-state index contributed by atoms with van der Waals surface area (Å²) in [6, 6.07) is 9.41. The molecule has 0 aliphatic heterocycles. The third-order valence-electron chi connectivity index (χ3n) is 2.07. The van der Waals surface area contributed by atoms with Gasteiger partial charge in [-0.3, -0.25) is 4.68 Å². The monoisotopic (exact) mass is 240 g/mol. The lowest BCUT2D eigenvalue weighted by molar-refractivity contribution is 0.847. The van der Waals surface area contributed by atoms with Crippen molar-refractivity contribution in [2.75, 3.05) is 5.43 Å². The molecule has 1 aromatic heterocycles. The second kappa shape index (κ2) is 4.60. The van der Waals surface area contributed by atoms with Crippen LogP contribution in [0, 0.1) is 0 Å². The lowest BCUT2D eigenvalue weighted by atomic mass is 10.2. The first-order chi connectivity index (χ1) is 7.25. The average Bonchev–Trinajstić information content (AvgIpc) is 2.69. The summed E-state index contributed by atoms with van der Waals surface area (Å²) in [5, 5.41) is 1.34. The van der Waals surface area contributed by atoms with Gasteiger partial charge in [-0.15, -0.1) is 0 Å². The SMILES string of the molecule is Clc1ccc(CNn2cccc2)c(Cl)c1. The Labute approximate surface area is 98.4 Å². The smallest absolute Gasteiger partial charge is 0.0578 e.